The van der Waals surface area contributed by atoms with Crippen molar-refractivity contribution in [1.82, 2.24) is 14.8 Å². The first-order valence-electron chi connectivity index (χ1n) is 10.5. The lowest BCUT2D eigenvalue weighted by Gasteiger charge is -2.42. The predicted octanol–water partition coefficient (Wildman–Crippen LogP) is 3.69. The molecule has 5 rings (SSSR count). The maximum atomic E-state index is 13.2. The van der Waals surface area contributed by atoms with Crippen molar-refractivity contribution in [2.24, 2.45) is 11.8 Å². The maximum Gasteiger partial charge on any atom is 0.230 e. The van der Waals surface area contributed by atoms with Gasteiger partial charge in [-0.15, -0.1) is 0 Å². The van der Waals surface area contributed by atoms with Crippen LogP contribution >= 0.6 is 0 Å². The first-order chi connectivity index (χ1) is 13.2. The molecule has 0 spiro atoms. The molecule has 2 atom stereocenters. The Labute approximate surface area is 161 Å². The lowest BCUT2D eigenvalue weighted by atomic mass is 9.79. The van der Waals surface area contributed by atoms with Gasteiger partial charge in [0.1, 0.15) is 0 Å². The number of fused-ring (bicyclic) bond motifs is 2. The number of nitrogens with one attached hydrogen (secondary N) is 1. The van der Waals surface area contributed by atoms with Gasteiger partial charge < -0.3 is 9.88 Å². The lowest BCUT2D eigenvalue weighted by Crippen LogP contribution is -2.49. The van der Waals surface area contributed by atoms with E-state index in [1.54, 1.807) is 0 Å². The molecule has 1 fully saturated rings. The number of hydrogen-bond acceptors (Lipinski definition) is 2. The summed E-state index contributed by atoms with van der Waals surface area (Å²) < 4.78 is 0. The molecule has 0 bridgehead atoms. The Kier molecular flexibility index (Phi) is 4.12. The summed E-state index contributed by atoms with van der Waals surface area (Å²) in [5.41, 5.74) is 5.35. The number of carbonyl (C=O) groups excluding carboxylic acids is 1. The van der Waals surface area contributed by atoms with Gasteiger partial charge in [-0.05, 0) is 61.8 Å². The van der Waals surface area contributed by atoms with Gasteiger partial charge in [0.05, 0.1) is 5.92 Å². The van der Waals surface area contributed by atoms with Crippen molar-refractivity contribution in [3.63, 3.8) is 0 Å². The van der Waals surface area contributed by atoms with Crippen LogP contribution in [0.2, 0.25) is 0 Å². The summed E-state index contributed by atoms with van der Waals surface area (Å²) in [6.07, 6.45) is 8.25. The predicted molar refractivity (Wildman–Crippen MR) is 109 cm³/mol. The average molecular weight is 364 g/mol. The van der Waals surface area contributed by atoms with Gasteiger partial charge in [-0.1, -0.05) is 18.2 Å². The van der Waals surface area contributed by atoms with Crippen molar-refractivity contribution in [2.75, 3.05) is 26.2 Å². The zero-order valence-corrected chi connectivity index (χ0v) is 16.4. The number of aromatic amines is 1. The highest BCUT2D eigenvalue weighted by Crippen LogP contribution is 2.43. The Morgan fingerprint density at radius 1 is 1.26 bits per heavy atom. The second-order valence-corrected chi connectivity index (χ2v) is 8.40. The molecule has 3 aliphatic rings. The minimum absolute atomic E-state index is 0.0225. The van der Waals surface area contributed by atoms with Crippen LogP contribution in [0.3, 0.4) is 0 Å². The fraction of sp³-hybridized carbons (Fsp3) is 0.522. The van der Waals surface area contributed by atoms with Crippen LogP contribution < -0.4 is 0 Å². The van der Waals surface area contributed by atoms with Gasteiger partial charge in [-0.25, -0.2) is 0 Å². The first-order valence-corrected chi connectivity index (χ1v) is 10.5. The third-order valence-electron chi connectivity index (χ3n) is 6.71. The largest absolute Gasteiger partial charge is 0.361 e. The summed E-state index contributed by atoms with van der Waals surface area (Å²) in [4.78, 5) is 21.2. The number of H-pyrrole nitrogens is 1. The molecule has 4 nitrogen and oxygen atoms in total. The van der Waals surface area contributed by atoms with E-state index in [1.165, 1.54) is 40.4 Å². The number of hydrogen-bond donors (Lipinski definition) is 1. The zero-order valence-electron chi connectivity index (χ0n) is 16.4. The van der Waals surface area contributed by atoms with Gasteiger partial charge in [-0.2, -0.15) is 0 Å². The molecule has 1 aromatic carbocycles. The van der Waals surface area contributed by atoms with Crippen molar-refractivity contribution < 1.29 is 4.79 Å². The minimum Gasteiger partial charge on any atom is -0.361 e. The minimum atomic E-state index is -0.0225. The highest BCUT2D eigenvalue weighted by atomic mass is 16.2. The van der Waals surface area contributed by atoms with Gasteiger partial charge in [-0.3, -0.25) is 9.69 Å². The van der Waals surface area contributed by atoms with E-state index in [2.05, 4.69) is 54.2 Å². The maximum absolute atomic E-state index is 13.2. The molecule has 142 valence electrons. The van der Waals surface area contributed by atoms with Crippen molar-refractivity contribution in [3.8, 4) is 0 Å². The molecule has 2 aliphatic carbocycles. The number of nitrogens with zero attached hydrogens (tertiary/aromatic N) is 2. The second kappa shape index (κ2) is 6.52. The fourth-order valence-corrected chi connectivity index (χ4v) is 5.08. The van der Waals surface area contributed by atoms with Gasteiger partial charge in [0.25, 0.3) is 0 Å². The van der Waals surface area contributed by atoms with Gasteiger partial charge >= 0.3 is 0 Å². The molecule has 0 radical (unpaired) electrons. The molecule has 1 N–H and O–H groups in total. The summed E-state index contributed by atoms with van der Waals surface area (Å²) >= 11 is 0. The van der Waals surface area contributed by atoms with Crippen molar-refractivity contribution in [1.29, 1.82) is 0 Å². The lowest BCUT2D eigenvalue weighted by molar-refractivity contribution is -0.134. The summed E-state index contributed by atoms with van der Waals surface area (Å²) in [5, 5.41) is 1.36. The van der Waals surface area contributed by atoms with Crippen LogP contribution in [0.25, 0.3) is 16.5 Å². The van der Waals surface area contributed by atoms with E-state index in [1.807, 2.05) is 4.90 Å². The molecular weight excluding hydrogens is 334 g/mol. The van der Waals surface area contributed by atoms with Crippen LogP contribution in [0.15, 0.2) is 30.5 Å². The van der Waals surface area contributed by atoms with Gasteiger partial charge in [0, 0.05) is 49.3 Å². The van der Waals surface area contributed by atoms with Crippen LogP contribution in [0, 0.1) is 11.8 Å². The SMILES string of the molecule is CCN(CC)C(=O)C1C=C2c3cccc4[nH]cc(c34)CC2N(CC2CC2)C1. The van der Waals surface area contributed by atoms with E-state index in [0.29, 0.717) is 11.9 Å². The third-order valence-corrected chi connectivity index (χ3v) is 6.71. The van der Waals surface area contributed by atoms with E-state index in [9.17, 15) is 4.79 Å². The van der Waals surface area contributed by atoms with E-state index in [0.717, 1.165) is 38.5 Å². The molecule has 1 saturated carbocycles. The smallest absolute Gasteiger partial charge is 0.230 e. The van der Waals surface area contributed by atoms with E-state index < -0.39 is 0 Å². The highest BCUT2D eigenvalue weighted by molar-refractivity contribution is 5.99. The van der Waals surface area contributed by atoms with Crippen LogP contribution in [0.1, 0.15) is 37.8 Å². The molecule has 0 saturated heterocycles. The van der Waals surface area contributed by atoms with Gasteiger partial charge in [0.2, 0.25) is 5.91 Å². The highest BCUT2D eigenvalue weighted by Gasteiger charge is 2.39. The topological polar surface area (TPSA) is 39.3 Å². The summed E-state index contributed by atoms with van der Waals surface area (Å²) in [5.74, 6) is 1.10. The number of benzene rings is 1. The number of amides is 1. The Morgan fingerprint density at radius 2 is 2.07 bits per heavy atom. The Balaban J connectivity index is 1.58. The molecular formula is C23H29N3O. The Hall–Kier alpha value is -2.07. The van der Waals surface area contributed by atoms with Gasteiger partial charge in [0.15, 0.2) is 0 Å². The molecule has 2 aromatic rings. The van der Waals surface area contributed by atoms with Crippen LogP contribution in [-0.2, 0) is 11.2 Å². The van der Waals surface area contributed by atoms with Crippen LogP contribution in [-0.4, -0.2) is 52.9 Å². The Morgan fingerprint density at radius 3 is 2.81 bits per heavy atom. The number of aromatic nitrogens is 1. The van der Waals surface area contributed by atoms with Crippen molar-refractivity contribution >= 4 is 22.4 Å². The van der Waals surface area contributed by atoms with Crippen LogP contribution in [0.4, 0.5) is 0 Å². The quantitative estimate of drug-likeness (QED) is 0.880. The summed E-state index contributed by atoms with van der Waals surface area (Å²) in [7, 11) is 0. The van der Waals surface area contributed by atoms with E-state index >= 15 is 0 Å². The molecule has 2 unspecified atom stereocenters. The standard InChI is InChI=1S/C23H29N3O/c1-3-25(4-2)23(27)17-10-19-18-6-5-7-20-22(18)16(12-24-20)11-21(19)26(14-17)13-15-8-9-15/h5-7,10,12,15,17,21,24H,3-4,8-9,11,13-14H2,1-2H3. The third kappa shape index (κ3) is 2.82. The molecule has 4 heteroatoms. The second-order valence-electron chi connectivity index (χ2n) is 8.40. The van der Waals surface area contributed by atoms with Crippen molar-refractivity contribution in [3.05, 3.63) is 41.6 Å². The molecule has 1 amide bonds. The molecule has 1 aliphatic heterocycles. The van der Waals surface area contributed by atoms with E-state index in [4.69, 9.17) is 0 Å². The fourth-order valence-electron chi connectivity index (χ4n) is 5.08. The number of carbonyl (C=O) groups is 1. The Bertz CT molecular complexity index is 903. The van der Waals surface area contributed by atoms with Crippen molar-refractivity contribution in [2.45, 2.75) is 39.2 Å². The molecule has 1 aromatic heterocycles. The van der Waals surface area contributed by atoms with E-state index in [-0.39, 0.29) is 5.92 Å². The zero-order chi connectivity index (χ0) is 18.5. The summed E-state index contributed by atoms with van der Waals surface area (Å²) in [6, 6.07) is 6.96. The number of rotatable bonds is 5. The molecule has 2 heterocycles. The summed E-state index contributed by atoms with van der Waals surface area (Å²) in [6.45, 7) is 7.75. The molecule has 27 heavy (non-hydrogen) atoms. The monoisotopic (exact) mass is 363 g/mol. The normalized spacial score (nSPS) is 24.6. The first kappa shape index (κ1) is 17.1. The van der Waals surface area contributed by atoms with Crippen LogP contribution in [0.5, 0.6) is 0 Å². The average Bonchev–Trinajstić information content (AvgIpc) is 3.41.